The minimum atomic E-state index is 1.09. The number of nitrogens with zero attached hydrogens (tertiary/aromatic N) is 1. The molecule has 1 rings (SSSR count). The molecular formula is C9H15N. The molecule has 0 heterocycles. The predicted octanol–water partition coefficient (Wildman–Crippen LogP) is 1.85. The van der Waals surface area contributed by atoms with Crippen molar-refractivity contribution in [1.82, 2.24) is 4.90 Å². The highest BCUT2D eigenvalue weighted by molar-refractivity contribution is 5.37. The van der Waals surface area contributed by atoms with Crippen molar-refractivity contribution in [1.29, 1.82) is 0 Å². The highest BCUT2D eigenvalue weighted by Crippen LogP contribution is 2.01. The Balaban J connectivity index is 0.000000180. The van der Waals surface area contributed by atoms with Crippen LogP contribution in [0, 0.1) is 0 Å². The highest BCUT2D eigenvalue weighted by atomic mass is 15.0. The summed E-state index contributed by atoms with van der Waals surface area (Å²) in [5.74, 6) is 0. The summed E-state index contributed by atoms with van der Waals surface area (Å²) in [7, 11) is 6.00. The van der Waals surface area contributed by atoms with Gasteiger partial charge >= 0.3 is 0 Å². The normalized spacial score (nSPS) is 13.8. The molecule has 0 aromatic carbocycles. The molecule has 1 aliphatic rings. The van der Waals surface area contributed by atoms with Crippen LogP contribution in [-0.4, -0.2) is 26.0 Å². The monoisotopic (exact) mass is 137 g/mol. The van der Waals surface area contributed by atoms with Crippen molar-refractivity contribution in [2.45, 2.75) is 0 Å². The Morgan fingerprint density at radius 2 is 1.40 bits per heavy atom. The minimum absolute atomic E-state index is 1.09. The second kappa shape index (κ2) is 5.00. The van der Waals surface area contributed by atoms with Crippen molar-refractivity contribution in [2.75, 3.05) is 21.1 Å². The van der Waals surface area contributed by atoms with Gasteiger partial charge in [0.25, 0.3) is 0 Å². The first-order chi connectivity index (χ1) is 4.63. The molecule has 0 N–H and O–H groups in total. The van der Waals surface area contributed by atoms with Crippen LogP contribution in [0.2, 0.25) is 0 Å². The first kappa shape index (κ1) is 9.18. The fraction of sp³-hybridized carbons (Fsp3) is 0.333. The number of allylic oxidation sites excluding steroid dienone is 5. The van der Waals surface area contributed by atoms with Crippen LogP contribution in [0.4, 0.5) is 0 Å². The smallest absolute Gasteiger partial charge is 0.0140 e. The van der Waals surface area contributed by atoms with Crippen LogP contribution < -0.4 is 0 Å². The maximum atomic E-state index is 3.68. The molecule has 56 valence electrons. The minimum Gasteiger partial charge on any atom is -0.312 e. The largest absolute Gasteiger partial charge is 0.312 e. The topological polar surface area (TPSA) is 3.24 Å². The lowest BCUT2D eigenvalue weighted by molar-refractivity contribution is 0.505. The molecule has 0 bridgehead atoms. The Bertz CT molecular complexity index is 135. The van der Waals surface area contributed by atoms with Gasteiger partial charge in [0.1, 0.15) is 0 Å². The third kappa shape index (κ3) is 7.18. The molecule has 0 spiro atoms. The van der Waals surface area contributed by atoms with E-state index >= 15 is 0 Å². The summed E-state index contributed by atoms with van der Waals surface area (Å²) in [6.07, 6.45) is 7.89. The Kier molecular flexibility index (Phi) is 4.59. The molecule has 10 heavy (non-hydrogen) atoms. The first-order valence-corrected chi connectivity index (χ1v) is 3.27. The van der Waals surface area contributed by atoms with E-state index < -0.39 is 0 Å². The molecule has 0 fully saturated rings. The van der Waals surface area contributed by atoms with E-state index in [1.165, 1.54) is 0 Å². The molecule has 0 atom stereocenters. The van der Waals surface area contributed by atoms with Gasteiger partial charge < -0.3 is 4.90 Å². The van der Waals surface area contributed by atoms with E-state index in [1.54, 1.807) is 0 Å². The van der Waals surface area contributed by atoms with Crippen molar-refractivity contribution >= 4 is 0 Å². The Hall–Kier alpha value is -0.820. The van der Waals surface area contributed by atoms with Crippen molar-refractivity contribution in [3.8, 4) is 0 Å². The van der Waals surface area contributed by atoms with E-state index in [9.17, 15) is 0 Å². The van der Waals surface area contributed by atoms with Crippen molar-refractivity contribution in [3.63, 3.8) is 0 Å². The number of hydrogen-bond donors (Lipinski definition) is 0. The molecule has 0 saturated carbocycles. The molecule has 0 aromatic heterocycles. The van der Waals surface area contributed by atoms with Crippen LogP contribution in [-0.2, 0) is 0 Å². The average molecular weight is 137 g/mol. The molecule has 0 saturated heterocycles. The van der Waals surface area contributed by atoms with E-state index in [4.69, 9.17) is 0 Å². The third-order valence-electron chi connectivity index (χ3n) is 0.732. The second-order valence-electron chi connectivity index (χ2n) is 2.63. The van der Waals surface area contributed by atoms with Crippen LogP contribution >= 0.6 is 0 Å². The van der Waals surface area contributed by atoms with Crippen molar-refractivity contribution in [3.05, 3.63) is 36.5 Å². The molecule has 0 radical (unpaired) electrons. The molecule has 1 aliphatic carbocycles. The quantitative estimate of drug-likeness (QED) is 0.492. The average Bonchev–Trinajstić information content (AvgIpc) is 2.15. The predicted molar refractivity (Wildman–Crippen MR) is 47.0 cm³/mol. The van der Waals surface area contributed by atoms with Crippen LogP contribution in [0.5, 0.6) is 0 Å². The van der Waals surface area contributed by atoms with Gasteiger partial charge in [-0.25, -0.2) is 0 Å². The van der Waals surface area contributed by atoms with Gasteiger partial charge in [-0.2, -0.15) is 0 Å². The molecule has 0 amide bonds. The van der Waals surface area contributed by atoms with Crippen molar-refractivity contribution < 1.29 is 0 Å². The van der Waals surface area contributed by atoms with Crippen LogP contribution in [0.25, 0.3) is 0 Å². The summed E-state index contributed by atoms with van der Waals surface area (Å²) < 4.78 is 0. The summed E-state index contributed by atoms with van der Waals surface area (Å²) in [5, 5.41) is 0. The maximum absolute atomic E-state index is 3.68. The van der Waals surface area contributed by atoms with Crippen LogP contribution in [0.1, 0.15) is 0 Å². The number of rotatable bonds is 0. The van der Waals surface area contributed by atoms with E-state index in [0.29, 0.717) is 0 Å². The van der Waals surface area contributed by atoms with Crippen LogP contribution in [0.3, 0.4) is 0 Å². The van der Waals surface area contributed by atoms with Gasteiger partial charge in [0.05, 0.1) is 0 Å². The Labute approximate surface area is 63.3 Å². The highest BCUT2D eigenvalue weighted by Gasteiger charge is 1.80. The van der Waals surface area contributed by atoms with E-state index in [0.717, 1.165) is 5.57 Å². The summed E-state index contributed by atoms with van der Waals surface area (Å²) in [5.41, 5.74) is 1.09. The van der Waals surface area contributed by atoms with Gasteiger partial charge in [-0.15, -0.1) is 0 Å². The van der Waals surface area contributed by atoms with E-state index in [-0.39, 0.29) is 0 Å². The van der Waals surface area contributed by atoms with Gasteiger partial charge in [-0.1, -0.05) is 30.9 Å². The Morgan fingerprint density at radius 1 is 1.10 bits per heavy atom. The standard InChI is InChI=1S/C6H6.C3H9N/c1-6-4-2-3-5-6;1-4(2)3/h2-5H,1H2;1-3H3. The van der Waals surface area contributed by atoms with Gasteiger partial charge in [-0.3, -0.25) is 0 Å². The van der Waals surface area contributed by atoms with Gasteiger partial charge in [-0.05, 0) is 26.7 Å². The zero-order chi connectivity index (χ0) is 7.98. The lowest BCUT2D eigenvalue weighted by atomic mass is 10.4. The molecule has 1 nitrogen and oxygen atoms in total. The van der Waals surface area contributed by atoms with E-state index in [2.05, 4.69) is 6.58 Å². The molecule has 0 aliphatic heterocycles. The van der Waals surface area contributed by atoms with Crippen molar-refractivity contribution in [2.24, 2.45) is 0 Å². The van der Waals surface area contributed by atoms with Gasteiger partial charge in [0.2, 0.25) is 0 Å². The molecule has 1 heteroatoms. The number of hydrogen-bond acceptors (Lipinski definition) is 1. The fourth-order valence-electron chi connectivity index (χ4n) is 0.414. The first-order valence-electron chi connectivity index (χ1n) is 3.27. The summed E-state index contributed by atoms with van der Waals surface area (Å²) >= 11 is 0. The van der Waals surface area contributed by atoms with Gasteiger partial charge in [0, 0.05) is 0 Å². The fourth-order valence-corrected chi connectivity index (χ4v) is 0.414. The second-order valence-corrected chi connectivity index (χ2v) is 2.63. The molecule has 0 unspecified atom stereocenters. The lowest BCUT2D eigenvalue weighted by Gasteiger charge is -1.90. The summed E-state index contributed by atoms with van der Waals surface area (Å²) in [6, 6.07) is 0. The van der Waals surface area contributed by atoms with Gasteiger partial charge in [0.15, 0.2) is 0 Å². The van der Waals surface area contributed by atoms with Crippen LogP contribution in [0.15, 0.2) is 36.5 Å². The SMILES string of the molecule is C=C1C=CC=C1.CN(C)C. The Morgan fingerprint density at radius 3 is 1.50 bits per heavy atom. The third-order valence-corrected chi connectivity index (χ3v) is 0.732. The van der Waals surface area contributed by atoms with E-state index in [1.807, 2.05) is 50.3 Å². The zero-order valence-electron chi connectivity index (χ0n) is 6.96. The maximum Gasteiger partial charge on any atom is -0.0140 e. The summed E-state index contributed by atoms with van der Waals surface area (Å²) in [6.45, 7) is 3.68. The summed E-state index contributed by atoms with van der Waals surface area (Å²) in [4.78, 5) is 2.00. The lowest BCUT2D eigenvalue weighted by Crippen LogP contribution is -1.99. The molecular weight excluding hydrogens is 122 g/mol. The zero-order valence-corrected chi connectivity index (χ0v) is 6.96. The molecule has 0 aromatic rings.